The number of benzene rings is 2. The molecular formula is C24H30. The van der Waals surface area contributed by atoms with Crippen LogP contribution in [0.15, 0.2) is 48.0 Å². The monoisotopic (exact) mass is 318 g/mol. The Morgan fingerprint density at radius 1 is 0.667 bits per heavy atom. The van der Waals surface area contributed by atoms with Gasteiger partial charge in [-0.1, -0.05) is 73.9 Å². The van der Waals surface area contributed by atoms with Crippen LogP contribution in [0.1, 0.15) is 73.8 Å². The minimum absolute atomic E-state index is 1.17. The Morgan fingerprint density at radius 2 is 1.33 bits per heavy atom. The maximum atomic E-state index is 2.41. The van der Waals surface area contributed by atoms with Crippen LogP contribution < -0.4 is 0 Å². The normalized spacial score (nSPS) is 16.5. The molecule has 1 saturated carbocycles. The van der Waals surface area contributed by atoms with Crippen molar-refractivity contribution in [3.05, 3.63) is 75.9 Å². The van der Waals surface area contributed by atoms with Crippen molar-refractivity contribution < 1.29 is 0 Å². The van der Waals surface area contributed by atoms with E-state index in [0.29, 0.717) is 0 Å². The van der Waals surface area contributed by atoms with E-state index in [2.05, 4.69) is 49.4 Å². The average Bonchev–Trinajstić information content (AvgIpc) is 2.81. The largest absolute Gasteiger partial charge is 0.0683 e. The van der Waals surface area contributed by atoms with Gasteiger partial charge in [0.15, 0.2) is 0 Å². The van der Waals surface area contributed by atoms with Crippen LogP contribution in [0.25, 0.3) is 5.57 Å². The van der Waals surface area contributed by atoms with Crippen molar-refractivity contribution in [2.45, 2.75) is 65.7 Å². The third-order valence-corrected chi connectivity index (χ3v) is 5.29. The molecule has 0 aromatic heterocycles. The Hall–Kier alpha value is -1.82. The van der Waals surface area contributed by atoms with Gasteiger partial charge in [-0.2, -0.15) is 0 Å². The summed E-state index contributed by atoms with van der Waals surface area (Å²) in [4.78, 5) is 0. The summed E-state index contributed by atoms with van der Waals surface area (Å²) in [5.74, 6) is 0. The second-order valence-corrected chi connectivity index (χ2v) is 6.86. The number of hydrogen-bond donors (Lipinski definition) is 0. The molecule has 1 fully saturated rings. The quantitative estimate of drug-likeness (QED) is 0.496. The first-order valence-corrected chi connectivity index (χ1v) is 9.73. The molecular weight excluding hydrogens is 288 g/mol. The first-order valence-electron chi connectivity index (χ1n) is 9.73. The number of fused-ring (bicyclic) bond motifs is 2. The summed E-state index contributed by atoms with van der Waals surface area (Å²) in [6.45, 7) is 6.21. The van der Waals surface area contributed by atoms with Gasteiger partial charge < -0.3 is 0 Å². The Morgan fingerprint density at radius 3 is 2.12 bits per heavy atom. The number of rotatable bonds is 0. The predicted molar refractivity (Wildman–Crippen MR) is 105 cm³/mol. The van der Waals surface area contributed by atoms with Gasteiger partial charge in [0, 0.05) is 0 Å². The highest BCUT2D eigenvalue weighted by Gasteiger charge is 2.21. The molecule has 0 amide bonds. The van der Waals surface area contributed by atoms with E-state index >= 15 is 0 Å². The summed E-state index contributed by atoms with van der Waals surface area (Å²) >= 11 is 0. The van der Waals surface area contributed by atoms with E-state index in [1.54, 1.807) is 16.7 Å². The maximum Gasteiger partial charge on any atom is -0.0114 e. The van der Waals surface area contributed by atoms with Crippen LogP contribution in [0, 0.1) is 6.92 Å². The standard InChI is InChI=1S/C22H24.C2H6/c1-16-11-14-21-19(15-16)13-12-17-7-5-6-10-20(17)22(21)18-8-3-2-4-9-18;1-2/h5-7,10-11,14-15H,2-4,8-9,12-13H2,1H3;1-2H3. The van der Waals surface area contributed by atoms with Crippen LogP contribution in [0.4, 0.5) is 0 Å². The highest BCUT2D eigenvalue weighted by Crippen LogP contribution is 2.40. The molecule has 0 heterocycles. The second-order valence-electron chi connectivity index (χ2n) is 6.86. The topological polar surface area (TPSA) is 0 Å². The van der Waals surface area contributed by atoms with Crippen molar-refractivity contribution in [1.82, 2.24) is 0 Å². The van der Waals surface area contributed by atoms with E-state index in [0.717, 1.165) is 0 Å². The molecule has 0 atom stereocenters. The molecule has 24 heavy (non-hydrogen) atoms. The predicted octanol–water partition coefficient (Wildman–Crippen LogP) is 6.89. The van der Waals surface area contributed by atoms with Crippen LogP contribution in [-0.2, 0) is 12.8 Å². The van der Waals surface area contributed by atoms with E-state index in [4.69, 9.17) is 0 Å². The average molecular weight is 319 g/mol. The molecule has 2 aromatic rings. The molecule has 0 N–H and O–H groups in total. The van der Waals surface area contributed by atoms with Crippen LogP contribution in [0.2, 0.25) is 0 Å². The zero-order chi connectivity index (χ0) is 16.9. The summed E-state index contributed by atoms with van der Waals surface area (Å²) in [6, 6.07) is 16.2. The highest BCUT2D eigenvalue weighted by molar-refractivity contribution is 5.86. The first-order chi connectivity index (χ1) is 11.8. The van der Waals surface area contributed by atoms with E-state index in [1.807, 2.05) is 13.8 Å². The lowest BCUT2D eigenvalue weighted by Gasteiger charge is -2.22. The lowest BCUT2D eigenvalue weighted by molar-refractivity contribution is 0.601. The minimum Gasteiger partial charge on any atom is -0.0683 e. The van der Waals surface area contributed by atoms with Gasteiger partial charge in [-0.05, 0) is 73.3 Å². The molecule has 2 aliphatic carbocycles. The zero-order valence-corrected chi connectivity index (χ0v) is 15.5. The molecule has 0 saturated heterocycles. The van der Waals surface area contributed by atoms with Crippen LogP contribution in [0.3, 0.4) is 0 Å². The molecule has 2 aromatic carbocycles. The Bertz CT molecular complexity index is 725. The van der Waals surface area contributed by atoms with Crippen LogP contribution in [-0.4, -0.2) is 0 Å². The van der Waals surface area contributed by atoms with Gasteiger partial charge in [-0.25, -0.2) is 0 Å². The van der Waals surface area contributed by atoms with Crippen molar-refractivity contribution in [2.24, 2.45) is 0 Å². The smallest absolute Gasteiger partial charge is 0.0114 e. The molecule has 0 bridgehead atoms. The Labute approximate surface area is 147 Å². The molecule has 2 aliphatic rings. The van der Waals surface area contributed by atoms with Crippen molar-refractivity contribution in [3.8, 4) is 0 Å². The molecule has 0 aliphatic heterocycles. The highest BCUT2D eigenvalue weighted by atomic mass is 14.3. The lowest BCUT2D eigenvalue weighted by Crippen LogP contribution is -2.02. The fraction of sp³-hybridized carbons (Fsp3) is 0.417. The lowest BCUT2D eigenvalue weighted by atomic mass is 9.83. The molecule has 0 spiro atoms. The fourth-order valence-corrected chi connectivity index (χ4v) is 4.18. The third kappa shape index (κ3) is 3.34. The van der Waals surface area contributed by atoms with E-state index in [1.165, 1.54) is 67.2 Å². The summed E-state index contributed by atoms with van der Waals surface area (Å²) in [5.41, 5.74) is 10.7. The third-order valence-electron chi connectivity index (χ3n) is 5.29. The molecule has 0 unspecified atom stereocenters. The minimum atomic E-state index is 1.17. The van der Waals surface area contributed by atoms with E-state index in [-0.39, 0.29) is 0 Å². The van der Waals surface area contributed by atoms with Crippen LogP contribution >= 0.6 is 0 Å². The van der Waals surface area contributed by atoms with Crippen molar-refractivity contribution in [3.63, 3.8) is 0 Å². The Kier molecular flexibility index (Phi) is 5.56. The van der Waals surface area contributed by atoms with Gasteiger partial charge >= 0.3 is 0 Å². The van der Waals surface area contributed by atoms with Gasteiger partial charge in [-0.15, -0.1) is 0 Å². The van der Waals surface area contributed by atoms with E-state index in [9.17, 15) is 0 Å². The van der Waals surface area contributed by atoms with Crippen molar-refractivity contribution >= 4 is 5.57 Å². The molecule has 0 heteroatoms. The Balaban J connectivity index is 0.000000815. The number of allylic oxidation sites excluding steroid dienone is 1. The molecule has 0 nitrogen and oxygen atoms in total. The van der Waals surface area contributed by atoms with Gasteiger partial charge in [0.1, 0.15) is 0 Å². The number of aryl methyl sites for hydroxylation is 3. The summed E-state index contributed by atoms with van der Waals surface area (Å²) in [6.07, 6.45) is 9.05. The van der Waals surface area contributed by atoms with Gasteiger partial charge in [0.2, 0.25) is 0 Å². The summed E-state index contributed by atoms with van der Waals surface area (Å²) < 4.78 is 0. The van der Waals surface area contributed by atoms with Crippen molar-refractivity contribution in [2.75, 3.05) is 0 Å². The van der Waals surface area contributed by atoms with E-state index < -0.39 is 0 Å². The summed E-state index contributed by atoms with van der Waals surface area (Å²) in [5, 5.41) is 0. The fourth-order valence-electron chi connectivity index (χ4n) is 4.18. The zero-order valence-electron chi connectivity index (χ0n) is 15.5. The van der Waals surface area contributed by atoms with Gasteiger partial charge in [0.25, 0.3) is 0 Å². The number of hydrogen-bond acceptors (Lipinski definition) is 0. The molecule has 0 radical (unpaired) electrons. The first kappa shape index (κ1) is 17.0. The molecule has 126 valence electrons. The summed E-state index contributed by atoms with van der Waals surface area (Å²) in [7, 11) is 0. The molecule has 4 rings (SSSR count). The van der Waals surface area contributed by atoms with Crippen LogP contribution in [0.5, 0.6) is 0 Å². The van der Waals surface area contributed by atoms with Crippen molar-refractivity contribution in [1.29, 1.82) is 0 Å². The van der Waals surface area contributed by atoms with Gasteiger partial charge in [-0.3, -0.25) is 0 Å². The second kappa shape index (κ2) is 7.83. The maximum absolute atomic E-state index is 2.41. The van der Waals surface area contributed by atoms with Gasteiger partial charge in [0.05, 0.1) is 0 Å². The SMILES string of the molecule is CC.Cc1ccc2c(c1)CCc1ccccc1C2=C1CCCCC1.